The molecule has 0 spiro atoms. The Morgan fingerprint density at radius 1 is 0.500 bits per heavy atom. The minimum atomic E-state index is 0.677. The van der Waals surface area contributed by atoms with Gasteiger partial charge in [0.2, 0.25) is 0 Å². The average Bonchev–Trinajstić information content (AvgIpc) is 2.70. The summed E-state index contributed by atoms with van der Waals surface area (Å²) < 4.78 is 0. The summed E-state index contributed by atoms with van der Waals surface area (Å²) in [7, 11) is 1.36. The number of hydrogen-bond donors (Lipinski definition) is 0. The van der Waals surface area contributed by atoms with Crippen molar-refractivity contribution >= 4 is 49.2 Å². The van der Waals surface area contributed by atoms with Gasteiger partial charge >= 0.3 is 0 Å². The maximum Gasteiger partial charge on any atom is -0.00708 e. The normalized spacial score (nSPS) is 12.0. The smallest absolute Gasteiger partial charge is 0.00708 e. The van der Waals surface area contributed by atoms with Crippen LogP contribution in [0.5, 0.6) is 0 Å². The van der Waals surface area contributed by atoms with Gasteiger partial charge in [-0.05, 0) is 81.9 Å². The second-order valence-electron chi connectivity index (χ2n) is 7.45. The molecule has 0 saturated heterocycles. The molecule has 0 aromatic heterocycles. The first-order chi connectivity index (χ1) is 13.5. The van der Waals surface area contributed by atoms with Gasteiger partial charge in [0.15, 0.2) is 0 Å². The van der Waals surface area contributed by atoms with Crippen molar-refractivity contribution < 1.29 is 0 Å². The highest BCUT2D eigenvalue weighted by atomic mass is 31.1. The van der Waals surface area contributed by atoms with Gasteiger partial charge < -0.3 is 0 Å². The van der Waals surface area contributed by atoms with E-state index in [0.29, 0.717) is 17.2 Å². The monoisotopic (exact) mass is 400 g/mol. The molecule has 4 aromatic carbocycles. The second kappa shape index (κ2) is 8.16. The maximum absolute atomic E-state index is 2.36. The summed E-state index contributed by atoms with van der Waals surface area (Å²) in [4.78, 5) is 0. The molecule has 4 rings (SSSR count). The molecule has 2 atom stereocenters. The van der Waals surface area contributed by atoms with Gasteiger partial charge in [-0.2, -0.15) is 0 Å². The van der Waals surface area contributed by atoms with E-state index in [-0.39, 0.29) is 0 Å². The third kappa shape index (κ3) is 3.77. The van der Waals surface area contributed by atoms with Gasteiger partial charge in [0.05, 0.1) is 0 Å². The van der Waals surface area contributed by atoms with Crippen LogP contribution in [-0.2, 0) is 0 Å². The summed E-state index contributed by atoms with van der Waals surface area (Å²) in [6, 6.07) is 26.9. The van der Waals surface area contributed by atoms with E-state index in [1.807, 2.05) is 0 Å². The van der Waals surface area contributed by atoms with Crippen LogP contribution >= 0.6 is 17.2 Å². The Bertz CT molecular complexity index is 1160. The molecular weight excluding hydrogens is 374 g/mol. The summed E-state index contributed by atoms with van der Waals surface area (Å²) in [5.41, 5.74) is 5.61. The number of hydrogen-bond acceptors (Lipinski definition) is 0. The van der Waals surface area contributed by atoms with Gasteiger partial charge in [0, 0.05) is 0 Å². The molecule has 0 fully saturated rings. The zero-order valence-corrected chi connectivity index (χ0v) is 18.9. The van der Waals surface area contributed by atoms with Crippen molar-refractivity contribution in [3.05, 3.63) is 95.1 Å². The molecule has 0 N–H and O–H groups in total. The van der Waals surface area contributed by atoms with Gasteiger partial charge in [-0.3, -0.25) is 0 Å². The molecule has 0 radical (unpaired) electrons. The Labute approximate surface area is 172 Å². The highest BCUT2D eigenvalue weighted by Crippen LogP contribution is 2.25. The second-order valence-corrected chi connectivity index (χ2v) is 10.1. The molecule has 0 aliphatic rings. The Morgan fingerprint density at radius 3 is 1.79 bits per heavy atom. The minimum absolute atomic E-state index is 0.677. The molecule has 0 nitrogen and oxygen atoms in total. The molecule has 28 heavy (non-hydrogen) atoms. The molecule has 0 bridgehead atoms. The Hall–Kier alpha value is -2.00. The summed E-state index contributed by atoms with van der Waals surface area (Å²) in [5.74, 6) is 0. The van der Waals surface area contributed by atoms with Crippen LogP contribution in [0.15, 0.2) is 72.8 Å². The Morgan fingerprint density at radius 2 is 1.11 bits per heavy atom. The van der Waals surface area contributed by atoms with Crippen molar-refractivity contribution in [1.82, 2.24) is 0 Å². The fraction of sp³-hybridized carbons (Fsp3) is 0.154. The van der Waals surface area contributed by atoms with Crippen molar-refractivity contribution in [2.75, 3.05) is 0 Å². The first-order valence-electron chi connectivity index (χ1n) is 9.73. The van der Waals surface area contributed by atoms with E-state index in [4.69, 9.17) is 0 Å². The predicted octanol–water partition coefficient (Wildman–Crippen LogP) is 5.33. The predicted molar refractivity (Wildman–Crippen MR) is 131 cm³/mol. The Kier molecular flexibility index (Phi) is 5.63. The third-order valence-electron chi connectivity index (χ3n) is 5.67. The molecule has 4 aromatic rings. The summed E-state index contributed by atoms with van der Waals surface area (Å²) in [5, 5.41) is 8.64. The van der Waals surface area contributed by atoms with Crippen molar-refractivity contribution in [3.63, 3.8) is 0 Å². The van der Waals surface area contributed by atoms with E-state index < -0.39 is 0 Å². The molecule has 0 amide bonds. The van der Waals surface area contributed by atoms with Crippen LogP contribution in [0.25, 0.3) is 10.8 Å². The van der Waals surface area contributed by atoms with Crippen LogP contribution in [0, 0.1) is 27.7 Å². The van der Waals surface area contributed by atoms with Crippen LogP contribution in [0.4, 0.5) is 0 Å². The zero-order chi connectivity index (χ0) is 19.7. The lowest BCUT2D eigenvalue weighted by Crippen LogP contribution is -2.23. The highest BCUT2D eigenvalue weighted by Gasteiger charge is 2.12. The van der Waals surface area contributed by atoms with Crippen molar-refractivity contribution in [1.29, 1.82) is 0 Å². The molecule has 0 aliphatic heterocycles. The largest absolute Gasteiger partial charge is 0.0616 e. The molecule has 0 aliphatic carbocycles. The van der Waals surface area contributed by atoms with E-state index in [1.54, 1.807) is 0 Å². The number of aryl methyl sites for hydroxylation is 2. The van der Waals surface area contributed by atoms with Gasteiger partial charge in [0.25, 0.3) is 0 Å². The van der Waals surface area contributed by atoms with Crippen molar-refractivity contribution in [2.45, 2.75) is 27.7 Å². The van der Waals surface area contributed by atoms with Gasteiger partial charge in [0.1, 0.15) is 0 Å². The fourth-order valence-electron chi connectivity index (χ4n) is 3.56. The van der Waals surface area contributed by atoms with Crippen LogP contribution in [-0.4, -0.2) is 0 Å². The molecular formula is C26H26P2. The number of benzene rings is 4. The lowest BCUT2D eigenvalue weighted by molar-refractivity contribution is 1.37. The topological polar surface area (TPSA) is 0 Å². The van der Waals surface area contributed by atoms with E-state index in [0.717, 1.165) is 0 Å². The highest BCUT2D eigenvalue weighted by molar-refractivity contribution is 7.62. The van der Waals surface area contributed by atoms with E-state index in [9.17, 15) is 0 Å². The Balaban J connectivity index is 1.86. The zero-order valence-electron chi connectivity index (χ0n) is 16.9. The molecule has 0 heterocycles. The first-order valence-corrected chi connectivity index (χ1v) is 11.7. The lowest BCUT2D eigenvalue weighted by atomic mass is 10.1. The van der Waals surface area contributed by atoms with E-state index >= 15 is 0 Å². The quantitative estimate of drug-likeness (QED) is 0.406. The minimum Gasteiger partial charge on any atom is -0.0616 e. The maximum atomic E-state index is 2.36. The molecule has 140 valence electrons. The molecule has 2 heteroatoms. The summed E-state index contributed by atoms with van der Waals surface area (Å²) in [6.45, 7) is 8.94. The van der Waals surface area contributed by atoms with Crippen LogP contribution in [0.3, 0.4) is 0 Å². The fourth-order valence-corrected chi connectivity index (χ4v) is 6.63. The SMILES string of the molecule is Cc1cccc(Pc2ccc3ccccc3c2Pc2cccc(C)c2C)c1C. The first kappa shape index (κ1) is 19.3. The van der Waals surface area contributed by atoms with E-state index in [1.165, 1.54) is 54.2 Å². The van der Waals surface area contributed by atoms with Gasteiger partial charge in [-0.15, -0.1) is 0 Å². The molecule has 2 unspecified atom stereocenters. The van der Waals surface area contributed by atoms with Crippen LogP contribution in [0.2, 0.25) is 0 Å². The van der Waals surface area contributed by atoms with Crippen LogP contribution in [0.1, 0.15) is 22.3 Å². The standard InChI is InChI=1S/C26H26P2/c1-17-9-7-13-23(19(17)3)27-25-16-15-21-11-5-6-12-22(21)26(25)28-24-14-8-10-18(2)20(24)4/h5-16,27-28H,1-4H3. The third-order valence-corrected chi connectivity index (χ3v) is 9.01. The van der Waals surface area contributed by atoms with E-state index in [2.05, 4.69) is 100 Å². The number of rotatable bonds is 4. The van der Waals surface area contributed by atoms with Gasteiger partial charge in [-0.25, -0.2) is 0 Å². The summed E-state index contributed by atoms with van der Waals surface area (Å²) in [6.07, 6.45) is 0. The summed E-state index contributed by atoms with van der Waals surface area (Å²) >= 11 is 0. The average molecular weight is 400 g/mol. The molecule has 0 saturated carbocycles. The van der Waals surface area contributed by atoms with Crippen LogP contribution < -0.4 is 21.2 Å². The van der Waals surface area contributed by atoms with Gasteiger partial charge in [-0.1, -0.05) is 90.0 Å². The van der Waals surface area contributed by atoms with Crippen molar-refractivity contribution in [3.8, 4) is 0 Å². The number of fused-ring (bicyclic) bond motifs is 1. The lowest BCUT2D eigenvalue weighted by Gasteiger charge is -2.17. The van der Waals surface area contributed by atoms with Crippen molar-refractivity contribution in [2.24, 2.45) is 0 Å².